The van der Waals surface area contributed by atoms with Gasteiger partial charge in [-0.25, -0.2) is 0 Å². The Bertz CT molecular complexity index is 879. The molecule has 1 heterocycles. The van der Waals surface area contributed by atoms with Crippen molar-refractivity contribution in [2.45, 2.75) is 19.3 Å². The highest BCUT2D eigenvalue weighted by atomic mass is 19.4. The number of piperazine rings is 1. The number of hydrogen-bond donors (Lipinski definition) is 0. The van der Waals surface area contributed by atoms with Gasteiger partial charge < -0.3 is 19.1 Å². The maximum atomic E-state index is 12.6. The Labute approximate surface area is 179 Å². The van der Waals surface area contributed by atoms with Crippen molar-refractivity contribution in [2.24, 2.45) is 0 Å². The summed E-state index contributed by atoms with van der Waals surface area (Å²) in [4.78, 5) is 16.6. The minimum Gasteiger partial charge on any atom is -0.497 e. The first kappa shape index (κ1) is 22.7. The molecule has 0 aromatic heterocycles. The van der Waals surface area contributed by atoms with E-state index < -0.39 is 6.36 Å². The lowest BCUT2D eigenvalue weighted by atomic mass is 10.1. The highest BCUT2D eigenvalue weighted by molar-refractivity contribution is 5.79. The normalized spacial score (nSPS) is 14.9. The Morgan fingerprint density at radius 2 is 1.58 bits per heavy atom. The van der Waals surface area contributed by atoms with Crippen molar-refractivity contribution in [2.75, 3.05) is 40.4 Å². The summed E-state index contributed by atoms with van der Waals surface area (Å²) in [6, 6.07) is 11.1. The molecule has 0 unspecified atom stereocenters. The number of alkyl halides is 3. The minimum absolute atomic E-state index is 0.0527. The van der Waals surface area contributed by atoms with Crippen molar-refractivity contribution in [1.82, 2.24) is 9.80 Å². The lowest BCUT2D eigenvalue weighted by Gasteiger charge is -2.35. The zero-order chi connectivity index (χ0) is 22.4. The molecule has 0 aliphatic carbocycles. The molecule has 2 aromatic carbocycles. The van der Waals surface area contributed by atoms with Gasteiger partial charge in [-0.05, 0) is 35.9 Å². The van der Waals surface area contributed by atoms with Gasteiger partial charge in [0.15, 0.2) is 0 Å². The molecule has 6 nitrogen and oxygen atoms in total. The van der Waals surface area contributed by atoms with Crippen LogP contribution in [-0.2, 0) is 17.8 Å². The van der Waals surface area contributed by atoms with Gasteiger partial charge in [0.25, 0.3) is 0 Å². The number of hydrogen-bond acceptors (Lipinski definition) is 5. The number of halogens is 3. The van der Waals surface area contributed by atoms with Crippen LogP contribution in [0.25, 0.3) is 0 Å². The number of methoxy groups -OCH3 is 2. The van der Waals surface area contributed by atoms with Crippen LogP contribution in [0, 0.1) is 0 Å². The van der Waals surface area contributed by atoms with Crippen molar-refractivity contribution in [3.05, 3.63) is 53.6 Å². The van der Waals surface area contributed by atoms with Crippen molar-refractivity contribution in [1.29, 1.82) is 0 Å². The zero-order valence-electron chi connectivity index (χ0n) is 17.4. The first-order chi connectivity index (χ1) is 14.8. The number of carbonyl (C=O) groups excluding carboxylic acids is 1. The van der Waals surface area contributed by atoms with Gasteiger partial charge in [0.1, 0.15) is 17.2 Å². The molecular formula is C22H25F3N2O4. The SMILES string of the molecule is COc1ccc(OC)c(CN2CCN(C(=O)Cc3ccc(OC(F)(F)F)cc3)CC2)c1. The summed E-state index contributed by atoms with van der Waals surface area (Å²) in [5, 5.41) is 0. The Balaban J connectivity index is 1.51. The van der Waals surface area contributed by atoms with Gasteiger partial charge in [0.2, 0.25) is 5.91 Å². The van der Waals surface area contributed by atoms with E-state index >= 15 is 0 Å². The molecule has 0 radical (unpaired) electrons. The topological polar surface area (TPSA) is 51.2 Å². The van der Waals surface area contributed by atoms with E-state index in [1.165, 1.54) is 24.3 Å². The fraction of sp³-hybridized carbons (Fsp3) is 0.409. The molecule has 0 atom stereocenters. The summed E-state index contributed by atoms with van der Waals surface area (Å²) in [5.41, 5.74) is 1.66. The Kier molecular flexibility index (Phi) is 7.27. The fourth-order valence-electron chi connectivity index (χ4n) is 3.50. The van der Waals surface area contributed by atoms with Crippen molar-refractivity contribution < 1.29 is 32.2 Å². The molecule has 1 saturated heterocycles. The average Bonchev–Trinajstić information content (AvgIpc) is 2.74. The molecule has 0 spiro atoms. The van der Waals surface area contributed by atoms with Crippen LogP contribution in [0.5, 0.6) is 17.2 Å². The van der Waals surface area contributed by atoms with Gasteiger partial charge in [-0.15, -0.1) is 13.2 Å². The highest BCUT2D eigenvalue weighted by Gasteiger charge is 2.31. The van der Waals surface area contributed by atoms with Crippen molar-refractivity contribution >= 4 is 5.91 Å². The Morgan fingerprint density at radius 1 is 0.935 bits per heavy atom. The van der Waals surface area contributed by atoms with Gasteiger partial charge in [-0.3, -0.25) is 9.69 Å². The van der Waals surface area contributed by atoms with Crippen LogP contribution in [0.2, 0.25) is 0 Å². The van der Waals surface area contributed by atoms with Crippen LogP contribution in [0.3, 0.4) is 0 Å². The predicted molar refractivity (Wildman–Crippen MR) is 108 cm³/mol. The molecule has 2 aromatic rings. The van der Waals surface area contributed by atoms with E-state index in [2.05, 4.69) is 9.64 Å². The predicted octanol–water partition coefficient (Wildman–Crippen LogP) is 3.49. The molecule has 0 N–H and O–H groups in total. The van der Waals surface area contributed by atoms with E-state index in [0.29, 0.717) is 38.3 Å². The van der Waals surface area contributed by atoms with Crippen LogP contribution >= 0.6 is 0 Å². The van der Waals surface area contributed by atoms with Gasteiger partial charge in [0, 0.05) is 38.3 Å². The molecule has 1 aliphatic rings. The summed E-state index contributed by atoms with van der Waals surface area (Å²) in [7, 11) is 3.25. The molecule has 1 aliphatic heterocycles. The minimum atomic E-state index is -4.73. The summed E-state index contributed by atoms with van der Waals surface area (Å²) >= 11 is 0. The number of benzene rings is 2. The first-order valence-corrected chi connectivity index (χ1v) is 9.83. The maximum absolute atomic E-state index is 12.6. The zero-order valence-corrected chi connectivity index (χ0v) is 17.4. The molecule has 31 heavy (non-hydrogen) atoms. The third-order valence-corrected chi connectivity index (χ3v) is 5.12. The second-order valence-electron chi connectivity index (χ2n) is 7.20. The second-order valence-corrected chi connectivity index (χ2v) is 7.20. The summed E-state index contributed by atoms with van der Waals surface area (Å²) < 4.78 is 51.3. The fourth-order valence-corrected chi connectivity index (χ4v) is 3.50. The molecule has 3 rings (SSSR count). The van der Waals surface area contributed by atoms with E-state index in [9.17, 15) is 18.0 Å². The lowest BCUT2D eigenvalue weighted by molar-refractivity contribution is -0.274. The molecule has 168 valence electrons. The molecular weight excluding hydrogens is 413 g/mol. The summed E-state index contributed by atoms with van der Waals surface area (Å²) in [5.74, 6) is 1.20. The number of amides is 1. The van der Waals surface area contributed by atoms with Gasteiger partial charge in [0.05, 0.1) is 20.6 Å². The van der Waals surface area contributed by atoms with E-state index in [4.69, 9.17) is 9.47 Å². The molecule has 0 saturated carbocycles. The third kappa shape index (κ3) is 6.52. The van der Waals surface area contributed by atoms with Crippen LogP contribution in [0.15, 0.2) is 42.5 Å². The van der Waals surface area contributed by atoms with Gasteiger partial charge in [-0.1, -0.05) is 12.1 Å². The second kappa shape index (κ2) is 9.91. The summed E-state index contributed by atoms with van der Waals surface area (Å²) in [6.07, 6.45) is -4.60. The van der Waals surface area contributed by atoms with Crippen molar-refractivity contribution in [3.63, 3.8) is 0 Å². The molecule has 1 fully saturated rings. The maximum Gasteiger partial charge on any atom is 0.573 e. The first-order valence-electron chi connectivity index (χ1n) is 9.83. The van der Waals surface area contributed by atoms with Gasteiger partial charge in [-0.2, -0.15) is 0 Å². The average molecular weight is 438 g/mol. The Morgan fingerprint density at radius 3 is 2.16 bits per heavy atom. The largest absolute Gasteiger partial charge is 0.573 e. The van der Waals surface area contributed by atoms with E-state index in [0.717, 1.165) is 17.1 Å². The monoisotopic (exact) mass is 438 g/mol. The van der Waals surface area contributed by atoms with E-state index in [-0.39, 0.29) is 18.1 Å². The van der Waals surface area contributed by atoms with Gasteiger partial charge >= 0.3 is 6.36 Å². The highest BCUT2D eigenvalue weighted by Crippen LogP contribution is 2.26. The molecule has 1 amide bonds. The smallest absolute Gasteiger partial charge is 0.497 e. The Hall–Kier alpha value is -2.94. The molecule has 9 heteroatoms. The van der Waals surface area contributed by atoms with Crippen LogP contribution in [-0.4, -0.2) is 62.5 Å². The number of ether oxygens (including phenoxy) is 3. The number of rotatable bonds is 7. The van der Waals surface area contributed by atoms with Crippen molar-refractivity contribution in [3.8, 4) is 17.2 Å². The lowest BCUT2D eigenvalue weighted by Crippen LogP contribution is -2.48. The standard InChI is InChI=1S/C22H25F3N2O4/c1-29-19-7-8-20(30-2)17(14-19)15-26-9-11-27(12-10-26)21(28)13-16-3-5-18(6-4-16)31-22(23,24)25/h3-8,14H,9-13,15H2,1-2H3. The van der Waals surface area contributed by atoms with E-state index in [1.54, 1.807) is 19.1 Å². The van der Waals surface area contributed by atoms with E-state index in [1.807, 2.05) is 18.2 Å². The third-order valence-electron chi connectivity index (χ3n) is 5.12. The number of carbonyl (C=O) groups is 1. The van der Waals surface area contributed by atoms with Crippen LogP contribution in [0.4, 0.5) is 13.2 Å². The summed E-state index contributed by atoms with van der Waals surface area (Å²) in [6.45, 7) is 3.28. The quantitative estimate of drug-likeness (QED) is 0.663. The molecule has 0 bridgehead atoms. The van der Waals surface area contributed by atoms with Crippen LogP contribution in [0.1, 0.15) is 11.1 Å². The van der Waals surface area contributed by atoms with Crippen LogP contribution < -0.4 is 14.2 Å². The number of nitrogens with zero attached hydrogens (tertiary/aromatic N) is 2.